The minimum atomic E-state index is 0.609. The van der Waals surface area contributed by atoms with Gasteiger partial charge in [-0.3, -0.25) is 0 Å². The van der Waals surface area contributed by atoms with Gasteiger partial charge < -0.3 is 9.72 Å². The fourth-order valence-corrected chi connectivity index (χ4v) is 2.69. The molecule has 21 heavy (non-hydrogen) atoms. The Labute approximate surface area is 125 Å². The van der Waals surface area contributed by atoms with E-state index in [1.807, 2.05) is 24.3 Å². The Kier molecular flexibility index (Phi) is 3.96. The van der Waals surface area contributed by atoms with Crippen molar-refractivity contribution in [2.45, 2.75) is 33.3 Å². The van der Waals surface area contributed by atoms with Crippen molar-refractivity contribution < 1.29 is 4.74 Å². The van der Waals surface area contributed by atoms with Gasteiger partial charge >= 0.3 is 0 Å². The maximum Gasteiger partial charge on any atom is 0.120 e. The predicted octanol–water partition coefficient (Wildman–Crippen LogP) is 5.01. The highest BCUT2D eigenvalue weighted by Crippen LogP contribution is 2.27. The molecule has 3 rings (SSSR count). The van der Waals surface area contributed by atoms with Crippen molar-refractivity contribution >= 4 is 10.9 Å². The van der Waals surface area contributed by atoms with Gasteiger partial charge in [0.25, 0.3) is 0 Å². The molecule has 0 aliphatic carbocycles. The van der Waals surface area contributed by atoms with E-state index in [9.17, 15) is 0 Å². The van der Waals surface area contributed by atoms with Gasteiger partial charge in [-0.05, 0) is 42.7 Å². The molecule has 0 atom stereocenters. The number of ether oxygens (including phenoxy) is 1. The van der Waals surface area contributed by atoms with Gasteiger partial charge in [-0.25, -0.2) is 0 Å². The van der Waals surface area contributed by atoms with Crippen LogP contribution in [0.25, 0.3) is 10.9 Å². The van der Waals surface area contributed by atoms with Gasteiger partial charge in [0.15, 0.2) is 0 Å². The summed E-state index contributed by atoms with van der Waals surface area (Å²) in [6.07, 6.45) is 2.26. The number of fused-ring (bicyclic) bond motifs is 1. The molecule has 1 heterocycles. The standard InChI is InChI=1S/C19H21NO/c1-3-7-18-14(2)17-12-16(10-11-19(17)20-18)21-13-15-8-5-4-6-9-15/h4-6,8-12,20H,3,7,13H2,1-2H3. The molecule has 108 valence electrons. The van der Waals surface area contributed by atoms with Crippen LogP contribution in [0.4, 0.5) is 0 Å². The number of H-pyrrole nitrogens is 1. The van der Waals surface area contributed by atoms with Crippen molar-refractivity contribution in [3.05, 3.63) is 65.4 Å². The molecule has 0 aliphatic rings. The second-order valence-corrected chi connectivity index (χ2v) is 5.46. The van der Waals surface area contributed by atoms with E-state index >= 15 is 0 Å². The van der Waals surface area contributed by atoms with E-state index in [4.69, 9.17) is 4.74 Å². The van der Waals surface area contributed by atoms with E-state index < -0.39 is 0 Å². The zero-order chi connectivity index (χ0) is 14.7. The van der Waals surface area contributed by atoms with Crippen molar-refractivity contribution in [3.8, 4) is 5.75 Å². The Bertz CT molecular complexity index is 728. The van der Waals surface area contributed by atoms with Crippen LogP contribution in [-0.4, -0.2) is 4.98 Å². The van der Waals surface area contributed by atoms with Gasteiger partial charge in [-0.15, -0.1) is 0 Å². The van der Waals surface area contributed by atoms with Crippen LogP contribution in [0.1, 0.15) is 30.2 Å². The van der Waals surface area contributed by atoms with E-state index in [0.717, 1.165) is 18.6 Å². The summed E-state index contributed by atoms with van der Waals surface area (Å²) in [6.45, 7) is 5.00. The lowest BCUT2D eigenvalue weighted by atomic mass is 10.1. The average Bonchev–Trinajstić information content (AvgIpc) is 2.83. The van der Waals surface area contributed by atoms with Gasteiger partial charge in [-0.1, -0.05) is 43.7 Å². The summed E-state index contributed by atoms with van der Waals surface area (Å²) < 4.78 is 5.91. The normalized spacial score (nSPS) is 11.0. The van der Waals surface area contributed by atoms with Crippen molar-refractivity contribution in [3.63, 3.8) is 0 Å². The van der Waals surface area contributed by atoms with Gasteiger partial charge in [0.1, 0.15) is 12.4 Å². The zero-order valence-electron chi connectivity index (χ0n) is 12.6. The summed E-state index contributed by atoms with van der Waals surface area (Å²) in [7, 11) is 0. The molecular formula is C19H21NO. The summed E-state index contributed by atoms with van der Waals surface area (Å²) in [5.74, 6) is 0.927. The van der Waals surface area contributed by atoms with E-state index in [2.05, 4.69) is 43.1 Å². The molecule has 3 aromatic rings. The number of aromatic nitrogens is 1. The first-order valence-electron chi connectivity index (χ1n) is 7.56. The fourth-order valence-electron chi connectivity index (χ4n) is 2.69. The Morgan fingerprint density at radius 3 is 2.62 bits per heavy atom. The van der Waals surface area contributed by atoms with E-state index in [-0.39, 0.29) is 0 Å². The molecule has 2 nitrogen and oxygen atoms in total. The first-order valence-corrected chi connectivity index (χ1v) is 7.56. The minimum absolute atomic E-state index is 0.609. The van der Waals surface area contributed by atoms with Crippen LogP contribution in [0, 0.1) is 6.92 Å². The molecule has 0 unspecified atom stereocenters. The largest absolute Gasteiger partial charge is 0.489 e. The average molecular weight is 279 g/mol. The van der Waals surface area contributed by atoms with Crippen molar-refractivity contribution in [1.29, 1.82) is 0 Å². The van der Waals surface area contributed by atoms with Crippen molar-refractivity contribution in [1.82, 2.24) is 4.98 Å². The first-order chi connectivity index (χ1) is 10.3. The number of aromatic amines is 1. The Balaban J connectivity index is 1.82. The molecule has 0 spiro atoms. The molecule has 0 saturated heterocycles. The van der Waals surface area contributed by atoms with Gasteiger partial charge in [0.2, 0.25) is 0 Å². The molecule has 0 bridgehead atoms. The number of hydrogen-bond acceptors (Lipinski definition) is 1. The van der Waals surface area contributed by atoms with E-state index in [1.54, 1.807) is 0 Å². The van der Waals surface area contributed by atoms with Crippen LogP contribution in [0.15, 0.2) is 48.5 Å². The second-order valence-electron chi connectivity index (χ2n) is 5.46. The van der Waals surface area contributed by atoms with Crippen molar-refractivity contribution in [2.24, 2.45) is 0 Å². The van der Waals surface area contributed by atoms with Crippen LogP contribution in [-0.2, 0) is 13.0 Å². The molecule has 2 aromatic carbocycles. The highest BCUT2D eigenvalue weighted by atomic mass is 16.5. The van der Waals surface area contributed by atoms with Crippen LogP contribution in [0.5, 0.6) is 5.75 Å². The maximum absolute atomic E-state index is 5.91. The highest BCUT2D eigenvalue weighted by Gasteiger charge is 2.08. The zero-order valence-corrected chi connectivity index (χ0v) is 12.6. The number of aryl methyl sites for hydroxylation is 2. The Morgan fingerprint density at radius 1 is 1.05 bits per heavy atom. The Hall–Kier alpha value is -2.22. The van der Waals surface area contributed by atoms with Crippen LogP contribution >= 0.6 is 0 Å². The minimum Gasteiger partial charge on any atom is -0.489 e. The number of nitrogens with one attached hydrogen (secondary N) is 1. The van der Waals surface area contributed by atoms with E-state index in [0.29, 0.717) is 6.61 Å². The lowest BCUT2D eigenvalue weighted by Gasteiger charge is -2.06. The topological polar surface area (TPSA) is 25.0 Å². The van der Waals surface area contributed by atoms with Gasteiger partial charge in [0, 0.05) is 16.6 Å². The first kappa shape index (κ1) is 13.7. The summed E-state index contributed by atoms with van der Waals surface area (Å²) in [5, 5.41) is 1.27. The van der Waals surface area contributed by atoms with Crippen LogP contribution in [0.3, 0.4) is 0 Å². The maximum atomic E-state index is 5.91. The number of hydrogen-bond donors (Lipinski definition) is 1. The molecule has 0 radical (unpaired) electrons. The fraction of sp³-hybridized carbons (Fsp3) is 0.263. The molecule has 1 aromatic heterocycles. The molecule has 0 aliphatic heterocycles. The van der Waals surface area contributed by atoms with Crippen molar-refractivity contribution in [2.75, 3.05) is 0 Å². The predicted molar refractivity (Wildman–Crippen MR) is 87.8 cm³/mol. The monoisotopic (exact) mass is 279 g/mol. The quantitative estimate of drug-likeness (QED) is 0.698. The van der Waals surface area contributed by atoms with Gasteiger partial charge in [-0.2, -0.15) is 0 Å². The smallest absolute Gasteiger partial charge is 0.120 e. The Morgan fingerprint density at radius 2 is 1.86 bits per heavy atom. The molecule has 0 fully saturated rings. The van der Waals surface area contributed by atoms with Crippen LogP contribution in [0.2, 0.25) is 0 Å². The second kappa shape index (κ2) is 6.04. The number of rotatable bonds is 5. The SMILES string of the molecule is CCCc1[nH]c2ccc(OCc3ccccc3)cc2c1C. The molecule has 0 saturated carbocycles. The molecule has 0 amide bonds. The molecule has 1 N–H and O–H groups in total. The molecular weight excluding hydrogens is 258 g/mol. The summed E-state index contributed by atoms with van der Waals surface area (Å²) in [5.41, 5.74) is 5.07. The lowest BCUT2D eigenvalue weighted by molar-refractivity contribution is 0.306. The van der Waals surface area contributed by atoms with Crippen LogP contribution < -0.4 is 4.74 Å². The summed E-state index contributed by atoms with van der Waals surface area (Å²) in [6, 6.07) is 16.6. The summed E-state index contributed by atoms with van der Waals surface area (Å²) >= 11 is 0. The third kappa shape index (κ3) is 2.94. The van der Waals surface area contributed by atoms with E-state index in [1.165, 1.54) is 27.7 Å². The van der Waals surface area contributed by atoms with Gasteiger partial charge in [0.05, 0.1) is 0 Å². The number of benzene rings is 2. The summed E-state index contributed by atoms with van der Waals surface area (Å²) in [4.78, 5) is 3.51. The molecule has 2 heteroatoms. The third-order valence-corrected chi connectivity index (χ3v) is 3.88. The lowest BCUT2D eigenvalue weighted by Crippen LogP contribution is -1.94. The highest BCUT2D eigenvalue weighted by molar-refractivity contribution is 5.85. The third-order valence-electron chi connectivity index (χ3n) is 3.88.